The van der Waals surface area contributed by atoms with Crippen LogP contribution in [0, 0.1) is 36.0 Å². The van der Waals surface area contributed by atoms with Gasteiger partial charge in [0.05, 0.1) is 38.6 Å². The molecule has 48 heavy (non-hydrogen) atoms. The van der Waals surface area contributed by atoms with Crippen LogP contribution in [0.3, 0.4) is 0 Å². The average molecular weight is 684 g/mol. The number of terminal acetylenes is 1. The van der Waals surface area contributed by atoms with Crippen LogP contribution >= 0.6 is 0 Å². The van der Waals surface area contributed by atoms with E-state index in [1.165, 1.54) is 0 Å². The summed E-state index contributed by atoms with van der Waals surface area (Å²) in [6, 6.07) is 8.70. The molecule has 2 bridgehead atoms. The van der Waals surface area contributed by atoms with Gasteiger partial charge in [0.1, 0.15) is 11.9 Å². The Hall–Kier alpha value is -2.39. The van der Waals surface area contributed by atoms with Gasteiger partial charge in [0, 0.05) is 45.7 Å². The summed E-state index contributed by atoms with van der Waals surface area (Å²) in [4.78, 5) is 18.9. The van der Waals surface area contributed by atoms with Crippen LogP contribution in [0.15, 0.2) is 36.4 Å². The van der Waals surface area contributed by atoms with Gasteiger partial charge in [0.15, 0.2) is 11.5 Å². The number of nitrogens with zero attached hydrogens (tertiary/aromatic N) is 1. The van der Waals surface area contributed by atoms with Crippen LogP contribution in [0.1, 0.15) is 65.4 Å². The van der Waals surface area contributed by atoms with E-state index in [-0.39, 0.29) is 36.3 Å². The Labute approximate surface area is 288 Å². The minimum atomic E-state index is -1.36. The SMILES string of the molecule is C#C[C@H](C)[C@H](OCc1ccc(OC)cc1)C(=C)C[C@@]12C[C@@H](C)C[C@@H](O1)[C@H]1O[C@@]3(C[C@H]1O2)[C@@H](C)C[C@@H](C)CN3OC(=O)OCC[Si](C)(C)C. The highest BCUT2D eigenvalue weighted by atomic mass is 28.3. The fraction of sp³-hybridized carbons (Fsp3) is 0.711. The van der Waals surface area contributed by atoms with Crippen molar-refractivity contribution in [3.05, 3.63) is 42.0 Å². The number of hydrogen-bond donors (Lipinski definition) is 0. The van der Waals surface area contributed by atoms with Gasteiger partial charge >= 0.3 is 6.16 Å². The van der Waals surface area contributed by atoms with E-state index in [0.29, 0.717) is 44.4 Å². The maximum atomic E-state index is 13.0. The van der Waals surface area contributed by atoms with E-state index in [1.807, 2.05) is 31.2 Å². The van der Waals surface area contributed by atoms with Gasteiger partial charge in [-0.3, -0.25) is 0 Å². The molecule has 1 aromatic rings. The highest BCUT2D eigenvalue weighted by Gasteiger charge is 2.64. The molecule has 10 heteroatoms. The number of ether oxygens (including phenoxy) is 6. The zero-order chi connectivity index (χ0) is 34.9. The van der Waals surface area contributed by atoms with Crippen LogP contribution in [-0.4, -0.2) is 75.5 Å². The van der Waals surface area contributed by atoms with Crippen molar-refractivity contribution in [2.24, 2.45) is 23.7 Å². The summed E-state index contributed by atoms with van der Waals surface area (Å²) in [5.74, 6) is 3.35. The predicted molar refractivity (Wildman–Crippen MR) is 187 cm³/mol. The second-order valence-corrected chi connectivity index (χ2v) is 21.7. The van der Waals surface area contributed by atoms with E-state index in [1.54, 1.807) is 12.2 Å². The molecule has 0 aliphatic carbocycles. The minimum Gasteiger partial charge on any atom is -0.497 e. The number of rotatable bonds is 12. The van der Waals surface area contributed by atoms with Gasteiger partial charge < -0.3 is 33.3 Å². The highest BCUT2D eigenvalue weighted by Crippen LogP contribution is 2.54. The first-order valence-electron chi connectivity index (χ1n) is 17.7. The monoisotopic (exact) mass is 683 g/mol. The van der Waals surface area contributed by atoms with E-state index in [2.05, 4.69) is 52.9 Å². The van der Waals surface area contributed by atoms with Crippen molar-refractivity contribution in [1.29, 1.82) is 0 Å². The Kier molecular flexibility index (Phi) is 11.4. The van der Waals surface area contributed by atoms with Crippen molar-refractivity contribution in [2.75, 3.05) is 20.3 Å². The first kappa shape index (κ1) is 36.9. The van der Waals surface area contributed by atoms with Crippen LogP contribution in [0.4, 0.5) is 4.79 Å². The van der Waals surface area contributed by atoms with Crippen molar-refractivity contribution < 1.29 is 38.1 Å². The van der Waals surface area contributed by atoms with Gasteiger partial charge in [0.25, 0.3) is 0 Å². The number of piperidine rings is 1. The predicted octanol–water partition coefficient (Wildman–Crippen LogP) is 7.58. The number of carbonyl (C=O) groups is 1. The Bertz CT molecular complexity index is 1330. The Balaban J connectivity index is 1.31. The molecule has 1 spiro atoms. The molecule has 10 atom stereocenters. The Morgan fingerprint density at radius 2 is 1.79 bits per heavy atom. The zero-order valence-corrected chi connectivity index (χ0v) is 31.3. The first-order valence-corrected chi connectivity index (χ1v) is 21.4. The summed E-state index contributed by atoms with van der Waals surface area (Å²) < 4.78 is 38.1. The number of hydroxylamine groups is 2. The van der Waals surface area contributed by atoms with Crippen LogP contribution in [0.25, 0.3) is 0 Å². The van der Waals surface area contributed by atoms with Crippen molar-refractivity contribution in [2.45, 2.75) is 128 Å². The normalized spacial score (nSPS) is 34.5. The second kappa shape index (κ2) is 14.8. The minimum absolute atomic E-state index is 0.0978. The highest BCUT2D eigenvalue weighted by molar-refractivity contribution is 6.76. The molecular weight excluding hydrogens is 627 g/mol. The van der Waals surface area contributed by atoms with E-state index >= 15 is 0 Å². The van der Waals surface area contributed by atoms with Crippen molar-refractivity contribution in [3.8, 4) is 18.1 Å². The standard InChI is InChI=1S/C38H57NO8Si/c1-11-27(4)34(43-24-30-12-14-31(41-7)15-13-30)28(5)21-37-20-25(2)19-32(44-37)35-33(45-37)22-38(46-35)29(6)18-26(3)23-39(38)47-36(40)42-16-17-48(8,9)10/h1,12-15,25-27,29,32-35H,5,16-24H2,2-4,6-10H3/t25-,26+,27-,29-,32+,33+,34-,35+,37-,38-/m0/s1. The molecule has 266 valence electrons. The summed E-state index contributed by atoms with van der Waals surface area (Å²) in [5, 5.41) is 1.75. The molecule has 0 aromatic heterocycles. The molecule has 4 saturated heterocycles. The largest absolute Gasteiger partial charge is 0.528 e. The van der Waals surface area contributed by atoms with E-state index < -0.39 is 25.7 Å². The van der Waals surface area contributed by atoms with E-state index in [4.69, 9.17) is 39.7 Å². The van der Waals surface area contributed by atoms with Crippen LogP contribution in [0.2, 0.25) is 25.7 Å². The molecule has 0 saturated carbocycles. The third kappa shape index (κ3) is 8.31. The molecule has 0 unspecified atom stereocenters. The van der Waals surface area contributed by atoms with Gasteiger partial charge in [-0.25, -0.2) is 4.79 Å². The molecule has 4 fully saturated rings. The zero-order valence-electron chi connectivity index (χ0n) is 30.3. The Morgan fingerprint density at radius 3 is 2.46 bits per heavy atom. The third-order valence-electron chi connectivity index (χ3n) is 10.5. The summed E-state index contributed by atoms with van der Waals surface area (Å²) in [6.07, 6.45) is 7.73. The van der Waals surface area contributed by atoms with Crippen molar-refractivity contribution in [1.82, 2.24) is 5.06 Å². The molecular formula is C38H57NO8Si. The molecule has 4 heterocycles. The van der Waals surface area contributed by atoms with Gasteiger partial charge in [-0.05, 0) is 60.9 Å². The van der Waals surface area contributed by atoms with E-state index in [9.17, 15) is 4.79 Å². The fourth-order valence-corrected chi connectivity index (χ4v) is 8.75. The first-order chi connectivity index (χ1) is 22.7. The summed E-state index contributed by atoms with van der Waals surface area (Å²) in [6.45, 7) is 21.1. The Morgan fingerprint density at radius 1 is 1.08 bits per heavy atom. The molecule has 0 radical (unpaired) electrons. The number of methoxy groups -OCH3 is 1. The van der Waals surface area contributed by atoms with Gasteiger partial charge in [-0.1, -0.05) is 59.1 Å². The van der Waals surface area contributed by atoms with Gasteiger partial charge in [-0.15, -0.1) is 17.4 Å². The maximum Gasteiger partial charge on any atom is 0.528 e. The molecule has 1 aromatic carbocycles. The average Bonchev–Trinajstić information content (AvgIpc) is 3.39. The third-order valence-corrected chi connectivity index (χ3v) is 12.2. The molecule has 0 amide bonds. The summed E-state index contributed by atoms with van der Waals surface area (Å²) in [7, 11) is 0.293. The summed E-state index contributed by atoms with van der Waals surface area (Å²) in [5.41, 5.74) is 1.04. The molecule has 4 aliphatic heterocycles. The van der Waals surface area contributed by atoms with Crippen LogP contribution in [0.5, 0.6) is 5.75 Å². The van der Waals surface area contributed by atoms with E-state index in [0.717, 1.165) is 42.2 Å². The molecule has 9 nitrogen and oxygen atoms in total. The smallest absolute Gasteiger partial charge is 0.497 e. The van der Waals surface area contributed by atoms with Crippen LogP contribution in [-0.2, 0) is 35.1 Å². The lowest BCUT2D eigenvalue weighted by Gasteiger charge is -2.52. The number of fused-ring (bicyclic) bond motifs is 4. The van der Waals surface area contributed by atoms with Crippen molar-refractivity contribution in [3.63, 3.8) is 0 Å². The molecule has 5 rings (SSSR count). The fourth-order valence-electron chi connectivity index (χ4n) is 8.03. The topological polar surface area (TPSA) is 84.9 Å². The lowest BCUT2D eigenvalue weighted by molar-refractivity contribution is -0.373. The lowest BCUT2D eigenvalue weighted by atomic mass is 9.79. The molecule has 0 N–H and O–H groups in total. The maximum absolute atomic E-state index is 13.0. The molecule has 4 aliphatic rings. The van der Waals surface area contributed by atoms with Gasteiger partial charge in [-0.2, -0.15) is 0 Å². The number of benzene rings is 1. The number of hydrogen-bond acceptors (Lipinski definition) is 9. The van der Waals surface area contributed by atoms with Crippen LogP contribution < -0.4 is 4.74 Å². The quantitative estimate of drug-likeness (QED) is 0.0959. The second-order valence-electron chi connectivity index (χ2n) is 16.1. The lowest BCUT2D eigenvalue weighted by Crippen LogP contribution is -2.60. The van der Waals surface area contributed by atoms with Gasteiger partial charge in [0.2, 0.25) is 0 Å². The van der Waals surface area contributed by atoms with Crippen molar-refractivity contribution >= 4 is 14.2 Å². The number of carbonyl (C=O) groups excluding carboxylic acids is 1. The summed E-state index contributed by atoms with van der Waals surface area (Å²) >= 11 is 0.